The third-order valence-corrected chi connectivity index (χ3v) is 5.43. The fourth-order valence-corrected chi connectivity index (χ4v) is 3.72. The van der Waals surface area contributed by atoms with Crippen molar-refractivity contribution in [3.63, 3.8) is 0 Å². The highest BCUT2D eigenvalue weighted by atomic mass is 35.5. The molecule has 0 saturated carbocycles. The summed E-state index contributed by atoms with van der Waals surface area (Å²) in [4.78, 5) is 28.4. The van der Waals surface area contributed by atoms with E-state index in [0.717, 1.165) is 5.56 Å². The zero-order chi connectivity index (χ0) is 20.8. The minimum Gasteiger partial charge on any atom is -0.340 e. The van der Waals surface area contributed by atoms with Crippen LogP contribution in [0.2, 0.25) is 10.0 Å². The Morgan fingerprint density at radius 3 is 2.34 bits per heavy atom. The first-order valence-electron chi connectivity index (χ1n) is 9.40. The number of anilines is 1. The predicted molar refractivity (Wildman–Crippen MR) is 113 cm³/mol. The molecule has 0 aliphatic carbocycles. The van der Waals surface area contributed by atoms with E-state index in [1.165, 1.54) is 24.3 Å². The second kappa shape index (κ2) is 10.1. The molecule has 5 nitrogen and oxygen atoms in total. The number of hydrogen-bond acceptors (Lipinski definition) is 3. The van der Waals surface area contributed by atoms with Crippen molar-refractivity contribution in [2.45, 2.75) is 12.8 Å². The fourth-order valence-electron chi connectivity index (χ4n) is 3.22. The zero-order valence-electron chi connectivity index (χ0n) is 15.8. The van der Waals surface area contributed by atoms with Crippen LogP contribution in [0, 0.1) is 5.82 Å². The van der Waals surface area contributed by atoms with E-state index in [2.05, 4.69) is 5.32 Å². The van der Waals surface area contributed by atoms with Gasteiger partial charge in [0, 0.05) is 48.3 Å². The maximum Gasteiger partial charge on any atom is 0.238 e. The van der Waals surface area contributed by atoms with Gasteiger partial charge in [-0.1, -0.05) is 29.3 Å². The Kier molecular flexibility index (Phi) is 7.47. The van der Waals surface area contributed by atoms with E-state index >= 15 is 0 Å². The fraction of sp³-hybridized carbons (Fsp3) is 0.333. The van der Waals surface area contributed by atoms with Crippen molar-refractivity contribution >= 4 is 40.7 Å². The molecule has 1 heterocycles. The summed E-state index contributed by atoms with van der Waals surface area (Å²) in [6, 6.07) is 10.9. The number of benzene rings is 2. The van der Waals surface area contributed by atoms with Gasteiger partial charge >= 0.3 is 0 Å². The zero-order valence-corrected chi connectivity index (χ0v) is 17.3. The van der Waals surface area contributed by atoms with Gasteiger partial charge in [-0.25, -0.2) is 4.39 Å². The van der Waals surface area contributed by atoms with E-state index in [1.807, 2.05) is 15.9 Å². The molecule has 2 aromatic rings. The Bertz CT molecular complexity index is 869. The van der Waals surface area contributed by atoms with Crippen molar-refractivity contribution in [2.75, 3.05) is 38.0 Å². The SMILES string of the molecule is O=C(CN1CCN(C(=O)CCc2ccc(Cl)cc2Cl)CC1)Nc1ccc(F)cc1. The van der Waals surface area contributed by atoms with Gasteiger partial charge in [0.25, 0.3) is 0 Å². The van der Waals surface area contributed by atoms with Crippen LogP contribution in [0.15, 0.2) is 42.5 Å². The van der Waals surface area contributed by atoms with E-state index in [0.29, 0.717) is 54.8 Å². The van der Waals surface area contributed by atoms with E-state index in [-0.39, 0.29) is 24.2 Å². The number of carbonyl (C=O) groups excluding carboxylic acids is 2. The monoisotopic (exact) mass is 437 g/mol. The third-order valence-electron chi connectivity index (χ3n) is 4.84. The van der Waals surface area contributed by atoms with E-state index in [1.54, 1.807) is 12.1 Å². The van der Waals surface area contributed by atoms with Crippen LogP contribution in [0.5, 0.6) is 0 Å². The molecule has 8 heteroatoms. The van der Waals surface area contributed by atoms with Crippen molar-refractivity contribution in [2.24, 2.45) is 0 Å². The van der Waals surface area contributed by atoms with Crippen LogP contribution in [0.4, 0.5) is 10.1 Å². The molecule has 1 fully saturated rings. The molecule has 0 atom stereocenters. The second-order valence-corrected chi connectivity index (χ2v) is 7.79. The largest absolute Gasteiger partial charge is 0.340 e. The number of nitrogens with one attached hydrogen (secondary N) is 1. The molecule has 0 aromatic heterocycles. The third kappa shape index (κ3) is 6.42. The smallest absolute Gasteiger partial charge is 0.238 e. The van der Waals surface area contributed by atoms with E-state index < -0.39 is 0 Å². The van der Waals surface area contributed by atoms with E-state index in [9.17, 15) is 14.0 Å². The Balaban J connectivity index is 1.40. The number of nitrogens with zero attached hydrogens (tertiary/aromatic N) is 2. The summed E-state index contributed by atoms with van der Waals surface area (Å²) in [5.74, 6) is -0.428. The number of halogens is 3. The Morgan fingerprint density at radius 2 is 1.69 bits per heavy atom. The lowest BCUT2D eigenvalue weighted by atomic mass is 10.1. The predicted octanol–water partition coefficient (Wildman–Crippen LogP) is 3.85. The maximum atomic E-state index is 12.9. The lowest BCUT2D eigenvalue weighted by Gasteiger charge is -2.34. The van der Waals surface area contributed by atoms with Crippen molar-refractivity contribution in [3.8, 4) is 0 Å². The Morgan fingerprint density at radius 1 is 1.00 bits per heavy atom. The van der Waals surface area contributed by atoms with Gasteiger partial charge in [-0.15, -0.1) is 0 Å². The first-order valence-corrected chi connectivity index (χ1v) is 10.2. The molecule has 0 spiro atoms. The highest BCUT2D eigenvalue weighted by molar-refractivity contribution is 6.35. The second-order valence-electron chi connectivity index (χ2n) is 6.95. The molecule has 0 unspecified atom stereocenters. The number of aryl methyl sites for hydroxylation is 1. The molecular formula is C21H22Cl2FN3O2. The molecule has 2 aromatic carbocycles. The van der Waals surface area contributed by atoms with Crippen molar-refractivity contribution in [1.29, 1.82) is 0 Å². The summed E-state index contributed by atoms with van der Waals surface area (Å²) < 4.78 is 12.9. The van der Waals surface area contributed by atoms with E-state index in [4.69, 9.17) is 23.2 Å². The molecule has 2 amide bonds. The van der Waals surface area contributed by atoms with Crippen LogP contribution in [-0.4, -0.2) is 54.3 Å². The molecule has 3 rings (SSSR count). The number of carbonyl (C=O) groups is 2. The van der Waals surface area contributed by atoms with Gasteiger partial charge in [0.15, 0.2) is 0 Å². The first kappa shape index (κ1) is 21.6. The van der Waals surface area contributed by atoms with Crippen molar-refractivity contribution < 1.29 is 14.0 Å². The van der Waals surface area contributed by atoms with Crippen LogP contribution >= 0.6 is 23.2 Å². The van der Waals surface area contributed by atoms with Gasteiger partial charge < -0.3 is 10.2 Å². The number of amides is 2. The molecule has 1 N–H and O–H groups in total. The highest BCUT2D eigenvalue weighted by Gasteiger charge is 2.22. The molecule has 1 saturated heterocycles. The average molecular weight is 438 g/mol. The minimum absolute atomic E-state index is 0.0754. The van der Waals surface area contributed by atoms with Gasteiger partial charge in [-0.05, 0) is 48.4 Å². The molecule has 29 heavy (non-hydrogen) atoms. The van der Waals surface area contributed by atoms with Gasteiger partial charge in [-0.3, -0.25) is 14.5 Å². The summed E-state index contributed by atoms with van der Waals surface area (Å²) in [5.41, 5.74) is 1.46. The molecular weight excluding hydrogens is 416 g/mol. The van der Waals surface area contributed by atoms with Crippen LogP contribution < -0.4 is 5.32 Å². The maximum absolute atomic E-state index is 12.9. The van der Waals surface area contributed by atoms with Crippen LogP contribution in [0.3, 0.4) is 0 Å². The summed E-state index contributed by atoms with van der Waals surface area (Å²) in [5, 5.41) is 3.89. The molecule has 154 valence electrons. The summed E-state index contributed by atoms with van der Waals surface area (Å²) in [6.07, 6.45) is 0.946. The van der Waals surface area contributed by atoms with Crippen LogP contribution in [0.1, 0.15) is 12.0 Å². The topological polar surface area (TPSA) is 52.7 Å². The minimum atomic E-state index is -0.345. The normalized spacial score (nSPS) is 14.7. The molecule has 0 bridgehead atoms. The van der Waals surface area contributed by atoms with Crippen LogP contribution in [0.25, 0.3) is 0 Å². The van der Waals surface area contributed by atoms with Gasteiger partial charge in [0.05, 0.1) is 6.54 Å². The average Bonchev–Trinajstić information content (AvgIpc) is 2.69. The molecule has 0 radical (unpaired) electrons. The molecule has 1 aliphatic rings. The summed E-state index contributed by atoms with van der Waals surface area (Å²) >= 11 is 12.1. The van der Waals surface area contributed by atoms with Gasteiger partial charge in [0.2, 0.25) is 11.8 Å². The summed E-state index contributed by atoms with van der Waals surface area (Å²) in [6.45, 7) is 2.66. The quantitative estimate of drug-likeness (QED) is 0.746. The lowest BCUT2D eigenvalue weighted by molar-refractivity contribution is -0.133. The Labute approximate surface area is 179 Å². The molecule has 1 aliphatic heterocycles. The van der Waals surface area contributed by atoms with Crippen LogP contribution in [-0.2, 0) is 16.0 Å². The number of hydrogen-bond donors (Lipinski definition) is 1. The Hall–Kier alpha value is -2.15. The highest BCUT2D eigenvalue weighted by Crippen LogP contribution is 2.22. The van der Waals surface area contributed by atoms with Gasteiger partial charge in [0.1, 0.15) is 5.82 Å². The standard InChI is InChI=1S/C21H22Cl2FN3O2/c22-16-3-1-15(19(23)13-16)2-8-21(29)27-11-9-26(10-12-27)14-20(28)25-18-6-4-17(24)5-7-18/h1,3-7,13H,2,8-12,14H2,(H,25,28). The number of rotatable bonds is 6. The summed E-state index contributed by atoms with van der Waals surface area (Å²) in [7, 11) is 0. The first-order chi connectivity index (χ1) is 13.9. The van der Waals surface area contributed by atoms with Gasteiger partial charge in [-0.2, -0.15) is 0 Å². The lowest BCUT2D eigenvalue weighted by Crippen LogP contribution is -2.50. The van der Waals surface area contributed by atoms with Crippen molar-refractivity contribution in [1.82, 2.24) is 9.80 Å². The number of piperazine rings is 1. The van der Waals surface area contributed by atoms with Crippen molar-refractivity contribution in [3.05, 3.63) is 63.9 Å².